The SMILES string of the molecule is CN=C(NCC1CCN(S(=O)(=O)c2ccccc2)CC1)NC1CC1C.I. The highest BCUT2D eigenvalue weighted by Crippen LogP contribution is 2.28. The van der Waals surface area contributed by atoms with Crippen LogP contribution in [0.3, 0.4) is 0 Å². The van der Waals surface area contributed by atoms with Gasteiger partial charge in [-0.3, -0.25) is 4.99 Å². The number of hydrogen-bond acceptors (Lipinski definition) is 3. The van der Waals surface area contributed by atoms with Crippen LogP contribution in [0.1, 0.15) is 26.2 Å². The molecule has 1 aromatic carbocycles. The number of hydrogen-bond donors (Lipinski definition) is 2. The van der Waals surface area contributed by atoms with Crippen molar-refractivity contribution >= 4 is 40.0 Å². The lowest BCUT2D eigenvalue weighted by Gasteiger charge is -2.31. The van der Waals surface area contributed by atoms with E-state index in [0.717, 1.165) is 31.3 Å². The average molecular weight is 492 g/mol. The molecule has 1 aromatic rings. The molecule has 0 aromatic heterocycles. The fraction of sp³-hybridized carbons (Fsp3) is 0.611. The second kappa shape index (κ2) is 9.36. The summed E-state index contributed by atoms with van der Waals surface area (Å²) in [6.45, 7) is 4.22. The number of halogens is 1. The Hall–Kier alpha value is -0.870. The predicted molar refractivity (Wildman–Crippen MR) is 115 cm³/mol. The molecule has 1 aliphatic carbocycles. The summed E-state index contributed by atoms with van der Waals surface area (Å²) < 4.78 is 26.9. The van der Waals surface area contributed by atoms with Crippen LogP contribution >= 0.6 is 24.0 Å². The molecule has 0 bridgehead atoms. The molecule has 2 fully saturated rings. The van der Waals surface area contributed by atoms with Gasteiger partial charge in [0.25, 0.3) is 0 Å². The molecule has 2 N–H and O–H groups in total. The zero-order valence-electron chi connectivity index (χ0n) is 15.4. The Morgan fingerprint density at radius 1 is 1.23 bits per heavy atom. The summed E-state index contributed by atoms with van der Waals surface area (Å²) in [6, 6.07) is 9.24. The molecule has 2 aliphatic rings. The van der Waals surface area contributed by atoms with Gasteiger partial charge in [0.15, 0.2) is 5.96 Å². The quantitative estimate of drug-likeness (QED) is 0.376. The molecule has 26 heavy (non-hydrogen) atoms. The van der Waals surface area contributed by atoms with Gasteiger partial charge in [-0.15, -0.1) is 24.0 Å². The number of nitrogens with zero attached hydrogens (tertiary/aromatic N) is 2. The van der Waals surface area contributed by atoms with E-state index in [0.29, 0.717) is 29.9 Å². The molecule has 0 amide bonds. The first-order chi connectivity index (χ1) is 12.0. The van der Waals surface area contributed by atoms with Gasteiger partial charge in [0.2, 0.25) is 10.0 Å². The molecule has 0 radical (unpaired) electrons. The van der Waals surface area contributed by atoms with Crippen molar-refractivity contribution < 1.29 is 8.42 Å². The fourth-order valence-corrected chi connectivity index (χ4v) is 4.72. The van der Waals surface area contributed by atoms with Crippen LogP contribution in [-0.2, 0) is 10.0 Å². The molecule has 1 saturated carbocycles. The monoisotopic (exact) mass is 492 g/mol. The first-order valence-corrected chi connectivity index (χ1v) is 10.5. The van der Waals surface area contributed by atoms with E-state index < -0.39 is 10.0 Å². The van der Waals surface area contributed by atoms with Gasteiger partial charge in [-0.05, 0) is 43.2 Å². The lowest BCUT2D eigenvalue weighted by Crippen LogP contribution is -2.44. The Balaban J connectivity index is 0.00000243. The van der Waals surface area contributed by atoms with Gasteiger partial charge in [0.05, 0.1) is 4.90 Å². The van der Waals surface area contributed by atoms with Gasteiger partial charge in [-0.2, -0.15) is 4.31 Å². The smallest absolute Gasteiger partial charge is 0.243 e. The van der Waals surface area contributed by atoms with E-state index in [-0.39, 0.29) is 24.0 Å². The molecular formula is C18H29IN4O2S. The first-order valence-electron chi connectivity index (χ1n) is 9.03. The van der Waals surface area contributed by atoms with Gasteiger partial charge < -0.3 is 10.6 Å². The fourth-order valence-electron chi connectivity index (χ4n) is 3.23. The van der Waals surface area contributed by atoms with E-state index >= 15 is 0 Å². The van der Waals surface area contributed by atoms with Crippen LogP contribution in [0.5, 0.6) is 0 Å². The van der Waals surface area contributed by atoms with Crippen molar-refractivity contribution in [2.24, 2.45) is 16.8 Å². The Morgan fingerprint density at radius 3 is 2.38 bits per heavy atom. The van der Waals surface area contributed by atoms with Crippen molar-refractivity contribution in [3.63, 3.8) is 0 Å². The minimum absolute atomic E-state index is 0. The second-order valence-electron chi connectivity index (χ2n) is 7.08. The molecule has 8 heteroatoms. The maximum absolute atomic E-state index is 12.6. The highest BCUT2D eigenvalue weighted by atomic mass is 127. The largest absolute Gasteiger partial charge is 0.356 e. The van der Waals surface area contributed by atoms with Gasteiger partial charge >= 0.3 is 0 Å². The molecule has 6 nitrogen and oxygen atoms in total. The molecule has 1 aliphatic heterocycles. The van der Waals surface area contributed by atoms with Crippen LogP contribution in [0.4, 0.5) is 0 Å². The highest BCUT2D eigenvalue weighted by Gasteiger charge is 2.33. The standard InChI is InChI=1S/C18H28N4O2S.HI/c1-14-12-17(14)21-18(19-2)20-13-15-8-10-22(11-9-15)25(23,24)16-6-4-3-5-7-16;/h3-7,14-15,17H,8-13H2,1-2H3,(H2,19,20,21);1H. The van der Waals surface area contributed by atoms with Crippen molar-refractivity contribution in [2.45, 2.75) is 37.1 Å². The third kappa shape index (κ3) is 5.32. The summed E-state index contributed by atoms with van der Waals surface area (Å²) in [6.07, 6.45) is 2.95. The number of benzene rings is 1. The summed E-state index contributed by atoms with van der Waals surface area (Å²) in [5, 5.41) is 6.80. The van der Waals surface area contributed by atoms with Crippen molar-refractivity contribution in [2.75, 3.05) is 26.7 Å². The predicted octanol–water partition coefficient (Wildman–Crippen LogP) is 2.28. The summed E-state index contributed by atoms with van der Waals surface area (Å²) in [5.41, 5.74) is 0. The van der Waals surface area contributed by atoms with Gasteiger partial charge in [0, 0.05) is 32.7 Å². The number of sulfonamides is 1. The summed E-state index contributed by atoms with van der Waals surface area (Å²) in [4.78, 5) is 4.65. The van der Waals surface area contributed by atoms with E-state index in [1.165, 1.54) is 6.42 Å². The zero-order valence-corrected chi connectivity index (χ0v) is 18.5. The molecule has 2 atom stereocenters. The Morgan fingerprint density at radius 2 is 1.85 bits per heavy atom. The van der Waals surface area contributed by atoms with E-state index in [4.69, 9.17) is 0 Å². The summed E-state index contributed by atoms with van der Waals surface area (Å²) in [7, 11) is -1.57. The van der Waals surface area contributed by atoms with Crippen LogP contribution in [0.2, 0.25) is 0 Å². The molecular weight excluding hydrogens is 463 g/mol. The van der Waals surface area contributed by atoms with Crippen LogP contribution in [-0.4, -0.2) is 51.4 Å². The van der Waals surface area contributed by atoms with Crippen molar-refractivity contribution in [3.8, 4) is 0 Å². The summed E-state index contributed by atoms with van der Waals surface area (Å²) >= 11 is 0. The lowest BCUT2D eigenvalue weighted by molar-refractivity contribution is 0.273. The van der Waals surface area contributed by atoms with Crippen LogP contribution in [0.25, 0.3) is 0 Å². The maximum atomic E-state index is 12.6. The maximum Gasteiger partial charge on any atom is 0.243 e. The number of rotatable bonds is 5. The molecule has 146 valence electrons. The zero-order chi connectivity index (χ0) is 17.9. The topological polar surface area (TPSA) is 73.8 Å². The van der Waals surface area contributed by atoms with E-state index in [1.807, 2.05) is 6.07 Å². The minimum atomic E-state index is -3.36. The number of guanidine groups is 1. The Bertz CT molecular complexity index is 703. The van der Waals surface area contributed by atoms with E-state index in [9.17, 15) is 8.42 Å². The van der Waals surface area contributed by atoms with Crippen LogP contribution in [0, 0.1) is 11.8 Å². The van der Waals surface area contributed by atoms with Crippen molar-refractivity contribution in [1.29, 1.82) is 0 Å². The van der Waals surface area contributed by atoms with Crippen LogP contribution < -0.4 is 10.6 Å². The molecule has 1 heterocycles. The van der Waals surface area contributed by atoms with Gasteiger partial charge in [-0.25, -0.2) is 8.42 Å². The third-order valence-corrected chi connectivity index (χ3v) is 7.08. The molecule has 2 unspecified atom stereocenters. The van der Waals surface area contributed by atoms with Gasteiger partial charge in [-0.1, -0.05) is 25.1 Å². The third-order valence-electron chi connectivity index (χ3n) is 5.17. The molecule has 0 spiro atoms. The Kier molecular flexibility index (Phi) is 7.72. The van der Waals surface area contributed by atoms with E-state index in [1.54, 1.807) is 35.6 Å². The van der Waals surface area contributed by atoms with E-state index in [2.05, 4.69) is 22.5 Å². The highest BCUT2D eigenvalue weighted by molar-refractivity contribution is 14.0. The van der Waals surface area contributed by atoms with Crippen molar-refractivity contribution in [1.82, 2.24) is 14.9 Å². The molecule has 1 saturated heterocycles. The summed E-state index contributed by atoms with van der Waals surface area (Å²) in [5.74, 6) is 2.05. The average Bonchev–Trinajstić information content (AvgIpc) is 3.34. The van der Waals surface area contributed by atoms with Gasteiger partial charge in [0.1, 0.15) is 0 Å². The normalized spacial score (nSPS) is 24.6. The second-order valence-corrected chi connectivity index (χ2v) is 9.02. The lowest BCUT2D eigenvalue weighted by atomic mass is 9.98. The number of nitrogens with one attached hydrogen (secondary N) is 2. The number of aliphatic imine (C=N–C) groups is 1. The number of piperidine rings is 1. The molecule has 3 rings (SSSR count). The first kappa shape index (κ1) is 21.4. The minimum Gasteiger partial charge on any atom is -0.356 e. The van der Waals surface area contributed by atoms with Crippen molar-refractivity contribution in [3.05, 3.63) is 30.3 Å². The van der Waals surface area contributed by atoms with Crippen LogP contribution in [0.15, 0.2) is 40.2 Å². The Labute approximate surface area is 173 Å².